The Labute approximate surface area is 202 Å². The molecule has 10 heteroatoms. The molecule has 2 aliphatic heterocycles. The van der Waals surface area contributed by atoms with Crippen molar-refractivity contribution in [3.63, 3.8) is 0 Å². The van der Waals surface area contributed by atoms with E-state index in [1.54, 1.807) is 0 Å². The van der Waals surface area contributed by atoms with E-state index in [1.165, 1.54) is 25.0 Å². The number of urea groups is 1. The second-order valence-electron chi connectivity index (χ2n) is 13.0. The number of aromatic amines is 2. The van der Waals surface area contributed by atoms with Crippen molar-refractivity contribution in [3.8, 4) is 0 Å². The van der Waals surface area contributed by atoms with Gasteiger partial charge >= 0.3 is 6.03 Å². The van der Waals surface area contributed by atoms with Gasteiger partial charge in [-0.3, -0.25) is 10.2 Å². The Morgan fingerprint density at radius 3 is 2.34 bits per heavy atom. The van der Waals surface area contributed by atoms with E-state index in [0.29, 0.717) is 28.5 Å². The van der Waals surface area contributed by atoms with Gasteiger partial charge in [0, 0.05) is 67.4 Å². The van der Waals surface area contributed by atoms with Crippen LogP contribution in [-0.4, -0.2) is 73.3 Å². The molecule has 35 heavy (non-hydrogen) atoms. The highest BCUT2D eigenvalue weighted by atomic mass is 19.3. The first-order chi connectivity index (χ1) is 16.7. The zero-order valence-corrected chi connectivity index (χ0v) is 20.0. The molecule has 0 atom stereocenters. The number of alkyl halides is 2. The van der Waals surface area contributed by atoms with Crippen molar-refractivity contribution < 1.29 is 13.6 Å². The van der Waals surface area contributed by atoms with Crippen LogP contribution in [0.2, 0.25) is 0 Å². The molecular weight excluding hydrogens is 452 g/mol. The van der Waals surface area contributed by atoms with Crippen molar-refractivity contribution in [2.75, 3.05) is 26.2 Å². The molecule has 4 heterocycles. The number of amides is 2. The highest BCUT2D eigenvalue weighted by Gasteiger charge is 2.73. The summed E-state index contributed by atoms with van der Waals surface area (Å²) in [7, 11) is 0. The molecule has 2 amide bonds. The van der Waals surface area contributed by atoms with Crippen LogP contribution in [0.25, 0.3) is 0 Å². The van der Waals surface area contributed by atoms with E-state index >= 15 is 0 Å². The average molecular weight is 484 g/mol. The third kappa shape index (κ3) is 2.76. The predicted octanol–water partition coefficient (Wildman–Crippen LogP) is 3.70. The number of carbonyl (C=O) groups is 1. The Balaban J connectivity index is 0.797. The lowest BCUT2D eigenvalue weighted by Gasteiger charge is -2.75. The maximum Gasteiger partial charge on any atom is 0.320 e. The Hall–Kier alpha value is -2.52. The van der Waals surface area contributed by atoms with Gasteiger partial charge in [-0.2, -0.15) is 10.2 Å². The lowest BCUT2D eigenvalue weighted by atomic mass is 9.30. The van der Waals surface area contributed by atoms with Crippen LogP contribution in [0, 0.1) is 23.7 Å². The number of H-pyrrole nitrogens is 2. The van der Waals surface area contributed by atoms with Gasteiger partial charge in [-0.05, 0) is 56.4 Å². The molecule has 2 saturated heterocycles. The minimum atomic E-state index is -2.55. The summed E-state index contributed by atoms with van der Waals surface area (Å²) < 4.78 is 26.3. The second kappa shape index (κ2) is 6.24. The van der Waals surface area contributed by atoms with Crippen molar-refractivity contribution in [2.24, 2.45) is 16.7 Å². The summed E-state index contributed by atoms with van der Waals surface area (Å²) in [6, 6.07) is 2.40. The predicted molar refractivity (Wildman–Crippen MR) is 121 cm³/mol. The summed E-state index contributed by atoms with van der Waals surface area (Å²) in [4.78, 5) is 21.6. The Kier molecular flexibility index (Phi) is 3.68. The molecule has 2 aromatic rings. The molecule has 186 valence electrons. The topological polar surface area (TPSA) is 93.8 Å². The zero-order valence-electron chi connectivity index (χ0n) is 20.0. The van der Waals surface area contributed by atoms with Crippen molar-refractivity contribution in [1.29, 1.82) is 0 Å². The van der Waals surface area contributed by atoms with E-state index in [0.717, 1.165) is 50.5 Å². The SMILES string of the molecule is Cc1cc(C23CC(C4CN(C(=O)N5CC6(CC(c7nc(C8CC(F)(F)C8)n[nH]7)C6)C5)C4)(C2)C3)[nH]n1. The third-order valence-electron chi connectivity index (χ3n) is 10.4. The molecule has 5 saturated carbocycles. The standard InChI is InChI=1S/C25H31F2N7O/c1-14-2-18(30-29-14)24-9-23(10-24,11-24)17-7-33(8-17)21(35)34-12-22(13-34)3-15(4-22)19-28-20(32-31-19)16-5-25(26,27)6-16/h2,15-17H,3-13H2,1H3,(H,29,30)(H,28,31,32). The molecule has 7 aliphatic rings. The highest BCUT2D eigenvalue weighted by Crippen LogP contribution is 2.77. The normalized spacial score (nSPS) is 34.9. The smallest absolute Gasteiger partial charge is 0.320 e. The number of aromatic nitrogens is 5. The highest BCUT2D eigenvalue weighted by molar-refractivity contribution is 5.76. The van der Waals surface area contributed by atoms with Crippen LogP contribution in [0.3, 0.4) is 0 Å². The minimum absolute atomic E-state index is 0.140. The van der Waals surface area contributed by atoms with Crippen LogP contribution < -0.4 is 0 Å². The number of aryl methyl sites for hydroxylation is 1. The quantitative estimate of drug-likeness (QED) is 0.694. The summed E-state index contributed by atoms with van der Waals surface area (Å²) in [6.45, 7) is 5.50. The lowest BCUT2D eigenvalue weighted by Crippen LogP contribution is -2.74. The first kappa shape index (κ1) is 20.7. The number of halogens is 2. The van der Waals surface area contributed by atoms with Gasteiger partial charge in [0.05, 0.1) is 5.69 Å². The molecule has 1 spiro atoms. The third-order valence-corrected chi connectivity index (χ3v) is 10.4. The Morgan fingerprint density at radius 1 is 1.00 bits per heavy atom. The van der Waals surface area contributed by atoms with Crippen molar-refractivity contribution >= 4 is 6.03 Å². The second-order valence-corrected chi connectivity index (χ2v) is 13.0. The van der Waals surface area contributed by atoms with Crippen molar-refractivity contribution in [1.82, 2.24) is 35.2 Å². The monoisotopic (exact) mass is 483 g/mol. The van der Waals surface area contributed by atoms with Gasteiger partial charge in [0.15, 0.2) is 5.82 Å². The first-order valence-corrected chi connectivity index (χ1v) is 13.0. The van der Waals surface area contributed by atoms with E-state index in [1.807, 2.05) is 16.7 Å². The molecule has 7 fully saturated rings. The van der Waals surface area contributed by atoms with Gasteiger partial charge in [-0.15, -0.1) is 0 Å². The average Bonchev–Trinajstić information content (AvgIpc) is 3.26. The molecule has 5 aliphatic carbocycles. The number of hydrogen-bond donors (Lipinski definition) is 2. The fraction of sp³-hybridized carbons (Fsp3) is 0.760. The summed E-state index contributed by atoms with van der Waals surface area (Å²) in [5, 5.41) is 14.7. The minimum Gasteiger partial charge on any atom is -0.324 e. The molecule has 0 unspecified atom stereocenters. The number of rotatable bonds is 4. The fourth-order valence-electron chi connectivity index (χ4n) is 8.33. The fourth-order valence-corrected chi connectivity index (χ4v) is 8.33. The van der Waals surface area contributed by atoms with E-state index in [4.69, 9.17) is 0 Å². The number of nitrogens with zero attached hydrogens (tertiary/aromatic N) is 5. The van der Waals surface area contributed by atoms with Crippen LogP contribution in [0.4, 0.5) is 13.6 Å². The van der Waals surface area contributed by atoms with Crippen LogP contribution >= 0.6 is 0 Å². The number of likely N-dealkylation sites (tertiary alicyclic amines) is 2. The number of hydrogen-bond acceptors (Lipinski definition) is 4. The van der Waals surface area contributed by atoms with Crippen LogP contribution in [0.15, 0.2) is 6.07 Å². The van der Waals surface area contributed by atoms with Gasteiger partial charge in [-0.1, -0.05) is 0 Å². The Bertz CT molecular complexity index is 1190. The summed E-state index contributed by atoms with van der Waals surface area (Å²) >= 11 is 0. The summed E-state index contributed by atoms with van der Waals surface area (Å²) in [5.41, 5.74) is 3.38. The van der Waals surface area contributed by atoms with Gasteiger partial charge in [0.25, 0.3) is 0 Å². The summed E-state index contributed by atoms with van der Waals surface area (Å²) in [5.74, 6) is -0.442. The number of carbonyl (C=O) groups excluding carboxylic acids is 1. The molecule has 2 N–H and O–H groups in total. The van der Waals surface area contributed by atoms with Crippen molar-refractivity contribution in [3.05, 3.63) is 29.1 Å². The van der Waals surface area contributed by atoms with Gasteiger partial charge in [-0.25, -0.2) is 18.6 Å². The van der Waals surface area contributed by atoms with E-state index in [-0.39, 0.29) is 30.2 Å². The zero-order chi connectivity index (χ0) is 23.8. The molecule has 8 nitrogen and oxygen atoms in total. The molecule has 2 bridgehead atoms. The van der Waals surface area contributed by atoms with Crippen LogP contribution in [-0.2, 0) is 5.41 Å². The van der Waals surface area contributed by atoms with Gasteiger partial charge in [0.2, 0.25) is 5.92 Å². The van der Waals surface area contributed by atoms with Crippen molar-refractivity contribution in [2.45, 2.75) is 75.0 Å². The van der Waals surface area contributed by atoms with Crippen LogP contribution in [0.1, 0.15) is 79.8 Å². The van der Waals surface area contributed by atoms with E-state index in [2.05, 4.69) is 31.4 Å². The molecule has 0 radical (unpaired) electrons. The Morgan fingerprint density at radius 2 is 1.71 bits per heavy atom. The maximum absolute atomic E-state index is 13.1. The van der Waals surface area contributed by atoms with E-state index in [9.17, 15) is 13.6 Å². The number of nitrogens with one attached hydrogen (secondary N) is 2. The van der Waals surface area contributed by atoms with Gasteiger partial charge < -0.3 is 9.80 Å². The largest absolute Gasteiger partial charge is 0.324 e. The lowest BCUT2D eigenvalue weighted by molar-refractivity contribution is -0.209. The molecular formula is C25H31F2N7O. The first-order valence-electron chi connectivity index (χ1n) is 13.0. The maximum atomic E-state index is 13.1. The molecule has 2 aromatic heterocycles. The van der Waals surface area contributed by atoms with E-state index < -0.39 is 5.92 Å². The molecule has 9 rings (SSSR count). The molecule has 0 aromatic carbocycles. The van der Waals surface area contributed by atoms with Gasteiger partial charge in [0.1, 0.15) is 5.82 Å². The summed E-state index contributed by atoms with van der Waals surface area (Å²) in [6.07, 6.45) is 5.44. The van der Waals surface area contributed by atoms with Crippen LogP contribution in [0.5, 0.6) is 0 Å².